The number of benzene rings is 13. The third kappa shape index (κ3) is 10.6. The maximum Gasteiger partial charge on any atom is 0.164 e. The van der Waals surface area contributed by atoms with Gasteiger partial charge in [-0.05, 0) is 152 Å². The molecule has 4 aromatic heterocycles. The summed E-state index contributed by atoms with van der Waals surface area (Å²) in [6.07, 6.45) is 0. The van der Waals surface area contributed by atoms with Crippen LogP contribution in [0.2, 0.25) is 0 Å². The first-order valence-corrected chi connectivity index (χ1v) is 33.4. The Morgan fingerprint density at radius 2 is 0.490 bits per heavy atom. The number of rotatable bonds is 12. The van der Waals surface area contributed by atoms with Crippen molar-refractivity contribution in [2.45, 2.75) is 41.5 Å². The van der Waals surface area contributed by atoms with Crippen LogP contribution in [0.15, 0.2) is 291 Å². The van der Waals surface area contributed by atoms with Gasteiger partial charge in [-0.25, -0.2) is 29.9 Å². The van der Waals surface area contributed by atoms with Gasteiger partial charge in [-0.1, -0.05) is 248 Å². The summed E-state index contributed by atoms with van der Waals surface area (Å²) in [6.45, 7) is 13.3. The summed E-state index contributed by atoms with van der Waals surface area (Å²) in [4.78, 5) is 31.4. The van der Waals surface area contributed by atoms with Crippen LogP contribution in [0.25, 0.3) is 168 Å². The van der Waals surface area contributed by atoms with Crippen LogP contribution in [0.3, 0.4) is 0 Å². The molecule has 0 aliphatic rings. The van der Waals surface area contributed by atoms with E-state index >= 15 is 0 Å². The van der Waals surface area contributed by atoms with Crippen molar-refractivity contribution in [1.82, 2.24) is 39.0 Å². The molecule has 8 heteroatoms. The predicted molar refractivity (Wildman–Crippen MR) is 405 cm³/mol. The molecule has 0 bridgehead atoms. The van der Waals surface area contributed by atoms with Crippen molar-refractivity contribution in [2.24, 2.45) is 0 Å². The molecule has 98 heavy (non-hydrogen) atoms. The van der Waals surface area contributed by atoms with Crippen LogP contribution in [0.4, 0.5) is 0 Å². The normalized spacial score (nSPS) is 11.6. The minimum absolute atomic E-state index is 0.574. The van der Waals surface area contributed by atoms with Crippen molar-refractivity contribution in [2.75, 3.05) is 0 Å². The minimum Gasteiger partial charge on any atom is -0.309 e. The van der Waals surface area contributed by atoms with Gasteiger partial charge in [0.25, 0.3) is 0 Å². The summed E-state index contributed by atoms with van der Waals surface area (Å²) >= 11 is 0. The van der Waals surface area contributed by atoms with E-state index in [4.69, 9.17) is 29.9 Å². The highest BCUT2D eigenvalue weighted by Crippen LogP contribution is 2.45. The summed E-state index contributed by atoms with van der Waals surface area (Å²) in [7, 11) is 0. The molecule has 0 aliphatic heterocycles. The van der Waals surface area contributed by atoms with E-state index in [0.29, 0.717) is 34.9 Å². The summed E-state index contributed by atoms with van der Waals surface area (Å²) in [5.41, 5.74) is 28.2. The first-order chi connectivity index (χ1) is 48.0. The second-order valence-electron chi connectivity index (χ2n) is 25.8. The largest absolute Gasteiger partial charge is 0.309 e. The Labute approximate surface area is 569 Å². The third-order valence-corrected chi connectivity index (χ3v) is 19.2. The number of aryl methyl sites for hydroxylation is 6. The van der Waals surface area contributed by atoms with Gasteiger partial charge >= 0.3 is 0 Å². The molecule has 0 fully saturated rings. The molecule has 0 unspecified atom stereocenters. The Kier molecular flexibility index (Phi) is 14.7. The lowest BCUT2D eigenvalue weighted by Crippen LogP contribution is -2.03. The fourth-order valence-electron chi connectivity index (χ4n) is 15.0. The molecular formula is C90H66N8. The standard InChI is InChI=1S/C90H66N8/c1-55-46-57(3)83(58(4)47-55)67-40-44-79-75(51-67)73-34-19-21-36-77(73)97(79)81-53-69(89-93-85(61-24-11-7-12-25-61)91-86(94-89)62-26-13-8-14-27-62)38-42-71(81)65-32-23-33-66(50-65)72-43-39-70(90-95-87(63-28-15-9-16-29-63)92-88(96-90)64-30-17-10-18-31-64)54-82(72)98-78-37-22-20-35-74(78)76-52-68(41-45-80(76)98)84-59(5)48-56(2)49-60(84)6/h7-54H,1-6H3. The van der Waals surface area contributed by atoms with Gasteiger partial charge < -0.3 is 9.13 Å². The molecule has 8 nitrogen and oxygen atoms in total. The Hall–Kier alpha value is -12.5. The topological polar surface area (TPSA) is 87.2 Å². The van der Waals surface area contributed by atoms with Crippen LogP contribution in [0.5, 0.6) is 0 Å². The van der Waals surface area contributed by atoms with Gasteiger partial charge in [0.15, 0.2) is 34.9 Å². The van der Waals surface area contributed by atoms with E-state index in [1.165, 1.54) is 55.6 Å². The van der Waals surface area contributed by atoms with Crippen molar-refractivity contribution in [3.05, 3.63) is 325 Å². The maximum atomic E-state index is 5.30. The molecule has 0 atom stereocenters. The minimum atomic E-state index is 0.574. The van der Waals surface area contributed by atoms with Crippen LogP contribution < -0.4 is 0 Å². The van der Waals surface area contributed by atoms with Gasteiger partial charge in [-0.15, -0.1) is 0 Å². The van der Waals surface area contributed by atoms with Crippen LogP contribution in [-0.4, -0.2) is 39.0 Å². The average molecular weight is 1260 g/mol. The number of hydrogen-bond acceptors (Lipinski definition) is 6. The molecule has 0 saturated heterocycles. The van der Waals surface area contributed by atoms with Gasteiger partial charge in [0.2, 0.25) is 0 Å². The Morgan fingerprint density at radius 1 is 0.204 bits per heavy atom. The molecule has 0 spiro atoms. The van der Waals surface area contributed by atoms with E-state index in [2.05, 4.69) is 269 Å². The van der Waals surface area contributed by atoms with Gasteiger partial charge in [0, 0.05) is 66.1 Å². The number of fused-ring (bicyclic) bond motifs is 6. The molecule has 17 rings (SSSR count). The first kappa shape index (κ1) is 59.2. The van der Waals surface area contributed by atoms with Crippen molar-refractivity contribution >= 4 is 43.6 Å². The summed E-state index contributed by atoms with van der Waals surface area (Å²) in [6, 6.07) is 104. The quantitative estimate of drug-likeness (QED) is 0.121. The molecule has 0 amide bonds. The van der Waals surface area contributed by atoms with Crippen molar-refractivity contribution in [1.29, 1.82) is 0 Å². The Balaban J connectivity index is 0.904. The molecule has 0 aliphatic carbocycles. The van der Waals surface area contributed by atoms with Gasteiger partial charge in [0.05, 0.1) is 33.4 Å². The zero-order valence-corrected chi connectivity index (χ0v) is 55.3. The number of nitrogens with zero attached hydrogens (tertiary/aromatic N) is 8. The highest BCUT2D eigenvalue weighted by atomic mass is 15.1. The van der Waals surface area contributed by atoms with E-state index in [1.54, 1.807) is 0 Å². The Morgan fingerprint density at radius 3 is 0.837 bits per heavy atom. The molecular weight excluding hydrogens is 1190 g/mol. The monoisotopic (exact) mass is 1260 g/mol. The lowest BCUT2D eigenvalue weighted by molar-refractivity contribution is 1.07. The van der Waals surface area contributed by atoms with Crippen molar-refractivity contribution < 1.29 is 0 Å². The molecule has 4 heterocycles. The number of aromatic nitrogens is 8. The zero-order valence-electron chi connectivity index (χ0n) is 55.3. The van der Waals surface area contributed by atoms with Crippen molar-refractivity contribution in [3.8, 4) is 124 Å². The predicted octanol–water partition coefficient (Wildman–Crippen LogP) is 22.8. The molecule has 0 radical (unpaired) electrons. The second kappa shape index (κ2) is 24.4. The van der Waals surface area contributed by atoms with E-state index in [9.17, 15) is 0 Å². The van der Waals surface area contributed by atoms with E-state index < -0.39 is 0 Å². The molecule has 466 valence electrons. The van der Waals surface area contributed by atoms with Crippen LogP contribution >= 0.6 is 0 Å². The van der Waals surface area contributed by atoms with Crippen LogP contribution in [0, 0.1) is 41.5 Å². The van der Waals surface area contributed by atoms with Gasteiger partial charge in [-0.2, -0.15) is 0 Å². The average Bonchev–Trinajstić information content (AvgIpc) is 1.56. The van der Waals surface area contributed by atoms with Crippen LogP contribution in [-0.2, 0) is 0 Å². The summed E-state index contributed by atoms with van der Waals surface area (Å²) in [5, 5.41) is 4.65. The summed E-state index contributed by atoms with van der Waals surface area (Å²) < 4.78 is 4.89. The number of para-hydroxylation sites is 2. The number of hydrogen-bond donors (Lipinski definition) is 0. The molecule has 13 aromatic carbocycles. The first-order valence-electron chi connectivity index (χ1n) is 33.4. The second-order valence-corrected chi connectivity index (χ2v) is 25.8. The highest BCUT2D eigenvalue weighted by molar-refractivity contribution is 6.13. The van der Waals surface area contributed by atoms with E-state index in [0.717, 1.165) is 111 Å². The molecule has 17 aromatic rings. The van der Waals surface area contributed by atoms with Crippen molar-refractivity contribution in [3.63, 3.8) is 0 Å². The highest BCUT2D eigenvalue weighted by Gasteiger charge is 2.24. The smallest absolute Gasteiger partial charge is 0.164 e. The SMILES string of the molecule is Cc1cc(C)c(-c2ccc3c(c2)c2ccccc2n3-c2cc(-c3nc(-c4ccccc4)nc(-c4ccccc4)n3)ccc2-c2cccc(-c3ccc(-c4nc(-c5ccccc5)nc(-c5ccccc5)n4)cc3-n3c4ccccc4c4cc(-c5c(C)cc(C)cc5C)ccc43)c2)c(C)c1. The van der Waals surface area contributed by atoms with Crippen LogP contribution in [0.1, 0.15) is 33.4 Å². The van der Waals surface area contributed by atoms with Gasteiger partial charge in [-0.3, -0.25) is 0 Å². The zero-order chi connectivity index (χ0) is 66.1. The van der Waals surface area contributed by atoms with Gasteiger partial charge in [0.1, 0.15) is 0 Å². The molecule has 0 saturated carbocycles. The third-order valence-electron chi connectivity index (χ3n) is 19.2. The molecule has 0 N–H and O–H groups in total. The maximum absolute atomic E-state index is 5.30. The lowest BCUT2D eigenvalue weighted by atomic mass is 9.93. The van der Waals surface area contributed by atoms with E-state index in [1.807, 2.05) is 72.8 Å². The fourth-order valence-corrected chi connectivity index (χ4v) is 15.0. The van der Waals surface area contributed by atoms with E-state index in [-0.39, 0.29) is 0 Å². The summed E-state index contributed by atoms with van der Waals surface area (Å²) in [5.74, 6) is 3.55. The fraction of sp³-hybridized carbons (Fsp3) is 0.0667. The Bertz CT molecular complexity index is 5460. The lowest BCUT2D eigenvalue weighted by Gasteiger charge is -2.19.